The first kappa shape index (κ1) is 34.6. The number of alkyl carbamates (subject to hydrolysis) is 1. The van der Waals surface area contributed by atoms with Crippen molar-refractivity contribution in [3.8, 4) is 0 Å². The van der Waals surface area contributed by atoms with E-state index >= 15 is 0 Å². The SMILES string of the molecule is CCCC[N+](CCCC)(CCCC)CCCC.CC[C@H]1[C@H](NC(=O)OC(C)(C)C)C(=O)N1S(=O)(=O)[O-]. The highest BCUT2D eigenvalue weighted by Crippen LogP contribution is 2.26. The van der Waals surface area contributed by atoms with Crippen molar-refractivity contribution in [3.63, 3.8) is 0 Å². The third kappa shape index (κ3) is 12.2. The van der Waals surface area contributed by atoms with Crippen LogP contribution in [-0.2, 0) is 19.8 Å². The van der Waals surface area contributed by atoms with Crippen molar-refractivity contribution >= 4 is 22.3 Å². The van der Waals surface area contributed by atoms with Gasteiger partial charge in [0, 0.05) is 0 Å². The molecule has 0 spiro atoms. The predicted octanol–water partition coefficient (Wildman–Crippen LogP) is 4.96. The molecule has 1 fully saturated rings. The zero-order valence-electron chi connectivity index (χ0n) is 24.1. The number of nitrogens with zero attached hydrogens (tertiary/aromatic N) is 2. The maximum Gasteiger partial charge on any atom is 0.408 e. The van der Waals surface area contributed by atoms with E-state index in [1.807, 2.05) is 0 Å². The van der Waals surface area contributed by atoms with Gasteiger partial charge in [-0.25, -0.2) is 17.5 Å². The van der Waals surface area contributed by atoms with E-state index in [0.29, 0.717) is 0 Å². The lowest BCUT2D eigenvalue weighted by molar-refractivity contribution is -0.929. The number of rotatable bonds is 15. The summed E-state index contributed by atoms with van der Waals surface area (Å²) in [6.45, 7) is 21.6. The van der Waals surface area contributed by atoms with Gasteiger partial charge in [0.1, 0.15) is 11.6 Å². The minimum Gasteiger partial charge on any atom is -0.731 e. The Labute approximate surface area is 220 Å². The monoisotopic (exact) mass is 535 g/mol. The minimum atomic E-state index is -4.84. The van der Waals surface area contributed by atoms with Gasteiger partial charge >= 0.3 is 6.09 Å². The van der Waals surface area contributed by atoms with E-state index in [2.05, 4.69) is 33.0 Å². The van der Waals surface area contributed by atoms with Gasteiger partial charge in [-0.3, -0.25) is 4.79 Å². The van der Waals surface area contributed by atoms with Crippen molar-refractivity contribution in [3.05, 3.63) is 0 Å². The fourth-order valence-corrected chi connectivity index (χ4v) is 5.37. The molecule has 1 N–H and O–H groups in total. The largest absolute Gasteiger partial charge is 0.731 e. The van der Waals surface area contributed by atoms with Crippen LogP contribution in [-0.4, -0.2) is 77.6 Å². The molecule has 0 aliphatic carbocycles. The lowest BCUT2D eigenvalue weighted by Gasteiger charge is -2.46. The normalized spacial score (nSPS) is 18.2. The summed E-state index contributed by atoms with van der Waals surface area (Å²) < 4.78 is 39.2. The fraction of sp³-hybridized carbons (Fsp3) is 0.923. The summed E-state index contributed by atoms with van der Waals surface area (Å²) >= 11 is 0. The number of carbonyl (C=O) groups excluding carboxylic acids is 2. The molecule has 2 amide bonds. The molecule has 0 radical (unpaired) electrons. The second kappa shape index (κ2) is 16.5. The third-order valence-electron chi connectivity index (χ3n) is 6.44. The third-order valence-corrected chi connectivity index (χ3v) is 7.38. The Hall–Kier alpha value is -1.39. The number of unbranched alkanes of at least 4 members (excludes halogenated alkanes) is 4. The van der Waals surface area contributed by atoms with Crippen LogP contribution < -0.4 is 5.32 Å². The van der Waals surface area contributed by atoms with Crippen molar-refractivity contribution in [2.45, 2.75) is 131 Å². The van der Waals surface area contributed by atoms with E-state index < -0.39 is 40.0 Å². The van der Waals surface area contributed by atoms with Crippen LogP contribution in [0, 0.1) is 0 Å². The van der Waals surface area contributed by atoms with Crippen molar-refractivity contribution in [1.82, 2.24) is 9.62 Å². The van der Waals surface area contributed by atoms with Crippen molar-refractivity contribution < 1.29 is 31.8 Å². The Morgan fingerprint density at radius 2 is 1.31 bits per heavy atom. The Morgan fingerprint density at radius 3 is 1.58 bits per heavy atom. The Kier molecular flexibility index (Phi) is 15.8. The van der Waals surface area contributed by atoms with Crippen LogP contribution in [0.1, 0.15) is 113 Å². The highest BCUT2D eigenvalue weighted by molar-refractivity contribution is 7.84. The van der Waals surface area contributed by atoms with Crippen LogP contribution in [0.25, 0.3) is 0 Å². The van der Waals surface area contributed by atoms with Crippen LogP contribution in [0.5, 0.6) is 0 Å². The maximum atomic E-state index is 11.6. The zero-order chi connectivity index (χ0) is 28.0. The van der Waals surface area contributed by atoms with Crippen LogP contribution in [0.3, 0.4) is 0 Å². The molecule has 214 valence electrons. The molecule has 0 aromatic heterocycles. The number of ether oxygens (including phenoxy) is 1. The molecule has 0 aromatic rings. The molecule has 1 heterocycles. The van der Waals surface area contributed by atoms with Gasteiger partial charge < -0.3 is 19.1 Å². The number of quaternary nitrogens is 1. The Balaban J connectivity index is 0.000000686. The van der Waals surface area contributed by atoms with E-state index in [1.54, 1.807) is 27.7 Å². The first-order valence-electron chi connectivity index (χ1n) is 13.9. The van der Waals surface area contributed by atoms with Crippen molar-refractivity contribution in [2.75, 3.05) is 26.2 Å². The average Bonchev–Trinajstić information content (AvgIpc) is 2.78. The molecule has 2 atom stereocenters. The Bertz CT molecular complexity index is 714. The number of carbonyl (C=O) groups is 2. The molecule has 0 saturated carbocycles. The predicted molar refractivity (Wildman–Crippen MR) is 143 cm³/mol. The van der Waals surface area contributed by atoms with Gasteiger partial charge in [0.15, 0.2) is 10.3 Å². The standard InChI is InChI=1S/C16H36N.C10H18N2O6S/c1-5-9-13-17(14-10-6-2,15-11-7-3)16-12-8-4;1-5-6-7(8(13)12(6)19(15,16)17)11-9(14)18-10(2,3)4/h5-16H2,1-4H3;6-7H,5H2,1-4H3,(H,11,14)(H,15,16,17)/q+1;/p-1/t;6-,7-/m.0/s1. The number of hydrogen-bond acceptors (Lipinski definition) is 6. The van der Waals surface area contributed by atoms with E-state index in [9.17, 15) is 22.6 Å². The quantitative estimate of drug-likeness (QED) is 0.180. The molecular formula is C26H53N3O6S. The highest BCUT2D eigenvalue weighted by Gasteiger charge is 2.50. The highest BCUT2D eigenvalue weighted by atomic mass is 32.2. The van der Waals surface area contributed by atoms with Crippen molar-refractivity contribution in [1.29, 1.82) is 0 Å². The molecule has 0 aromatic carbocycles. The van der Waals surface area contributed by atoms with E-state index in [4.69, 9.17) is 4.74 Å². The van der Waals surface area contributed by atoms with Crippen LogP contribution >= 0.6 is 0 Å². The summed E-state index contributed by atoms with van der Waals surface area (Å²) in [5.74, 6) is -0.937. The maximum absolute atomic E-state index is 11.6. The summed E-state index contributed by atoms with van der Waals surface area (Å²) in [5, 5.41) is 2.27. The zero-order valence-corrected chi connectivity index (χ0v) is 24.9. The van der Waals surface area contributed by atoms with Crippen LogP contribution in [0.4, 0.5) is 4.79 Å². The van der Waals surface area contributed by atoms with Gasteiger partial charge in [0.2, 0.25) is 0 Å². The molecule has 0 unspecified atom stereocenters. The topological polar surface area (TPSA) is 116 Å². The molecule has 36 heavy (non-hydrogen) atoms. The van der Waals surface area contributed by atoms with Crippen LogP contribution in [0.15, 0.2) is 0 Å². The van der Waals surface area contributed by atoms with Crippen molar-refractivity contribution in [2.24, 2.45) is 0 Å². The minimum absolute atomic E-state index is 0.230. The lowest BCUT2D eigenvalue weighted by atomic mass is 9.97. The summed E-state index contributed by atoms with van der Waals surface area (Å²) in [7, 11) is -4.84. The molecule has 1 aliphatic rings. The number of hydrogen-bond donors (Lipinski definition) is 1. The number of amides is 2. The smallest absolute Gasteiger partial charge is 0.408 e. The second-order valence-corrected chi connectivity index (χ2v) is 12.1. The summed E-state index contributed by atoms with van der Waals surface area (Å²) in [6, 6.07) is -1.90. The van der Waals surface area contributed by atoms with Gasteiger partial charge in [-0.1, -0.05) is 60.3 Å². The molecule has 1 saturated heterocycles. The van der Waals surface area contributed by atoms with E-state index in [0.717, 1.165) is 0 Å². The van der Waals surface area contributed by atoms with Crippen LogP contribution in [0.2, 0.25) is 0 Å². The van der Waals surface area contributed by atoms with Gasteiger partial charge in [-0.15, -0.1) is 0 Å². The number of nitrogens with one attached hydrogen (secondary N) is 1. The summed E-state index contributed by atoms with van der Waals surface area (Å²) in [5.41, 5.74) is -0.733. The number of β-lactam (4-membered cyclic amide) rings is 1. The molecule has 10 heteroatoms. The fourth-order valence-electron chi connectivity index (χ4n) is 4.43. The molecular weight excluding hydrogens is 482 g/mol. The van der Waals surface area contributed by atoms with E-state index in [-0.39, 0.29) is 10.7 Å². The van der Waals surface area contributed by atoms with Gasteiger partial charge in [0.25, 0.3) is 5.91 Å². The lowest BCUT2D eigenvalue weighted by Crippen LogP contribution is -2.71. The van der Waals surface area contributed by atoms with E-state index in [1.165, 1.54) is 82.0 Å². The molecule has 9 nitrogen and oxygen atoms in total. The summed E-state index contributed by atoms with van der Waals surface area (Å²) in [6.07, 6.45) is 10.5. The molecule has 1 aliphatic heterocycles. The first-order valence-corrected chi connectivity index (χ1v) is 15.2. The average molecular weight is 536 g/mol. The first-order chi connectivity index (χ1) is 16.7. The summed E-state index contributed by atoms with van der Waals surface area (Å²) in [4.78, 5) is 23.0. The second-order valence-electron chi connectivity index (χ2n) is 10.8. The van der Waals surface area contributed by atoms with Gasteiger partial charge in [-0.2, -0.15) is 0 Å². The Morgan fingerprint density at radius 1 is 0.917 bits per heavy atom. The van der Waals surface area contributed by atoms with Gasteiger partial charge in [-0.05, 0) is 52.9 Å². The molecule has 1 rings (SSSR count). The molecule has 0 bridgehead atoms. The van der Waals surface area contributed by atoms with Gasteiger partial charge in [0.05, 0.1) is 32.2 Å².